The van der Waals surface area contributed by atoms with Crippen LogP contribution in [0.4, 0.5) is 4.79 Å². The van der Waals surface area contributed by atoms with Gasteiger partial charge in [-0.3, -0.25) is 19.3 Å². The molecule has 5 atom stereocenters. The summed E-state index contributed by atoms with van der Waals surface area (Å²) >= 11 is 1.29. The summed E-state index contributed by atoms with van der Waals surface area (Å²) in [7, 11) is 0. The fourth-order valence-electron chi connectivity index (χ4n) is 3.26. The molecule has 5 unspecified atom stereocenters. The number of carboxylic acid groups (broad SMARTS) is 1. The Kier molecular flexibility index (Phi) is 7.19. The number of aliphatic carboxylic acids is 1. The fraction of sp³-hybridized carbons (Fsp3) is 0.588. The molecule has 0 radical (unpaired) electrons. The van der Waals surface area contributed by atoms with E-state index < -0.39 is 53.4 Å². The van der Waals surface area contributed by atoms with Crippen molar-refractivity contribution < 1.29 is 43.3 Å². The van der Waals surface area contributed by atoms with E-state index >= 15 is 0 Å². The third kappa shape index (κ3) is 4.20. The lowest BCUT2D eigenvalue weighted by molar-refractivity contribution is -0.303. The fourth-order valence-corrected chi connectivity index (χ4v) is 3.96. The largest absolute Gasteiger partial charge is 0.540 e. The molecule has 2 rings (SSSR count). The molecule has 0 spiro atoms. The molecule has 154 valence electrons. The second-order valence-electron chi connectivity index (χ2n) is 6.20. The summed E-state index contributed by atoms with van der Waals surface area (Å²) in [6, 6.07) is -1.22. The minimum atomic E-state index is -2.08. The van der Waals surface area contributed by atoms with Crippen LogP contribution in [0.5, 0.6) is 0 Å². The van der Waals surface area contributed by atoms with E-state index in [2.05, 4.69) is 11.3 Å². The van der Waals surface area contributed by atoms with Gasteiger partial charge in [-0.1, -0.05) is 12.7 Å². The van der Waals surface area contributed by atoms with Crippen LogP contribution in [0.15, 0.2) is 12.7 Å². The summed E-state index contributed by atoms with van der Waals surface area (Å²) < 4.78 is 15.2. The number of hydrogen-bond acceptors (Lipinski definition) is 10. The highest BCUT2D eigenvalue weighted by atomic mass is 32.2. The maximum Gasteiger partial charge on any atom is 0.508 e. The van der Waals surface area contributed by atoms with Crippen LogP contribution in [0.1, 0.15) is 13.3 Å². The molecule has 2 saturated heterocycles. The van der Waals surface area contributed by atoms with E-state index in [4.69, 9.17) is 9.47 Å². The highest BCUT2D eigenvalue weighted by Gasteiger charge is 2.60. The Bertz CT molecular complexity index is 694. The highest BCUT2D eigenvalue weighted by Crippen LogP contribution is 2.37. The van der Waals surface area contributed by atoms with Gasteiger partial charge in [0.2, 0.25) is 5.91 Å². The number of imide groups is 1. The molecule has 11 heteroatoms. The van der Waals surface area contributed by atoms with Crippen LogP contribution in [-0.4, -0.2) is 77.6 Å². The first kappa shape index (κ1) is 21.9. The van der Waals surface area contributed by atoms with Gasteiger partial charge in [0.05, 0.1) is 17.2 Å². The van der Waals surface area contributed by atoms with Gasteiger partial charge in [0.1, 0.15) is 24.8 Å². The molecule has 2 heterocycles. The van der Waals surface area contributed by atoms with Gasteiger partial charge in [-0.05, 0) is 19.6 Å². The van der Waals surface area contributed by atoms with E-state index in [1.807, 2.05) is 0 Å². The Morgan fingerprint density at radius 1 is 1.43 bits per heavy atom. The molecular weight excluding hydrogens is 394 g/mol. The van der Waals surface area contributed by atoms with Crippen molar-refractivity contribution in [3.63, 3.8) is 0 Å². The maximum atomic E-state index is 12.7. The van der Waals surface area contributed by atoms with Gasteiger partial charge in [-0.2, -0.15) is 11.8 Å². The molecule has 28 heavy (non-hydrogen) atoms. The van der Waals surface area contributed by atoms with Gasteiger partial charge >= 0.3 is 6.16 Å². The van der Waals surface area contributed by atoms with Crippen LogP contribution in [-0.2, 0) is 33.4 Å². The van der Waals surface area contributed by atoms with Gasteiger partial charge in [0.25, 0.3) is 5.91 Å². The molecule has 2 aliphatic rings. The Morgan fingerprint density at radius 2 is 2.11 bits per heavy atom. The number of amides is 2. The highest BCUT2D eigenvalue weighted by molar-refractivity contribution is 7.99. The topological polar surface area (TPSA) is 139 Å². The van der Waals surface area contributed by atoms with Gasteiger partial charge in [0.15, 0.2) is 5.78 Å². The minimum absolute atomic E-state index is 0.109. The zero-order valence-electron chi connectivity index (χ0n) is 15.3. The summed E-state index contributed by atoms with van der Waals surface area (Å²) in [5.41, 5.74) is 0. The van der Waals surface area contributed by atoms with Crippen LogP contribution in [0.25, 0.3) is 0 Å². The van der Waals surface area contributed by atoms with Gasteiger partial charge in [0, 0.05) is 6.61 Å². The summed E-state index contributed by atoms with van der Waals surface area (Å²) in [5.74, 6) is -6.06. The zero-order chi connectivity index (χ0) is 21.0. The summed E-state index contributed by atoms with van der Waals surface area (Å²) in [5, 5.41) is 10.6. The van der Waals surface area contributed by atoms with Crippen molar-refractivity contribution in [3.8, 4) is 0 Å². The number of carboxylic acids is 1. The third-order valence-electron chi connectivity index (χ3n) is 4.56. The van der Waals surface area contributed by atoms with Crippen molar-refractivity contribution >= 4 is 41.5 Å². The first-order chi connectivity index (χ1) is 13.2. The van der Waals surface area contributed by atoms with E-state index in [1.165, 1.54) is 24.8 Å². The van der Waals surface area contributed by atoms with Crippen molar-refractivity contribution in [2.45, 2.75) is 36.8 Å². The van der Waals surface area contributed by atoms with Crippen molar-refractivity contribution in [1.82, 2.24) is 4.90 Å². The van der Waals surface area contributed by atoms with Gasteiger partial charge < -0.3 is 24.1 Å². The van der Waals surface area contributed by atoms with E-state index in [0.717, 1.165) is 0 Å². The standard InChI is InChI=1S/C17H21NO9S/c1-4-6-26-17(24)27-8(2)10-11(18(14(10)20)15(21)16(22)23)13-12(19)9(28-3)5-7-25-13/h4,8-11,13H,1,5-7H2,2-3H3,(H,22,23)/p-1. The van der Waals surface area contributed by atoms with Crippen LogP contribution in [0.2, 0.25) is 0 Å². The molecular formula is C17H20NO9S-. The molecule has 2 aliphatic heterocycles. The molecule has 0 N–H and O–H groups in total. The first-order valence-electron chi connectivity index (χ1n) is 8.45. The number of Topliss-reactive ketones (excluding diaryl/α,β-unsaturated/α-hetero) is 1. The Labute approximate surface area is 165 Å². The Balaban J connectivity index is 2.25. The maximum absolute atomic E-state index is 12.7. The number of β-lactam (4-membered cyclic amide) rings is 1. The molecule has 0 saturated carbocycles. The lowest BCUT2D eigenvalue weighted by atomic mass is 9.77. The normalized spacial score (nSPS) is 28.1. The number of rotatable bonds is 6. The molecule has 10 nitrogen and oxygen atoms in total. The molecule has 2 amide bonds. The van der Waals surface area contributed by atoms with E-state index in [9.17, 15) is 29.1 Å². The number of hydrogen-bond donors (Lipinski definition) is 0. The number of ketones is 1. The van der Waals surface area contributed by atoms with Crippen LogP contribution >= 0.6 is 11.8 Å². The van der Waals surface area contributed by atoms with E-state index in [0.29, 0.717) is 11.3 Å². The van der Waals surface area contributed by atoms with Crippen LogP contribution in [0, 0.1) is 5.92 Å². The second kappa shape index (κ2) is 9.20. The van der Waals surface area contributed by atoms with Crippen LogP contribution < -0.4 is 5.11 Å². The summed E-state index contributed by atoms with van der Waals surface area (Å²) in [6.45, 7) is 4.85. The van der Waals surface area contributed by atoms with E-state index in [1.54, 1.807) is 6.26 Å². The average molecular weight is 414 g/mol. The number of carbonyl (C=O) groups excluding carboxylic acids is 5. The third-order valence-corrected chi connectivity index (χ3v) is 5.60. The lowest BCUT2D eigenvalue weighted by Gasteiger charge is -2.50. The Hall–Kier alpha value is -2.40. The van der Waals surface area contributed by atoms with E-state index in [-0.39, 0.29) is 19.0 Å². The minimum Gasteiger partial charge on any atom is -0.540 e. The molecule has 0 aromatic heterocycles. The number of carbonyl (C=O) groups is 5. The van der Waals surface area contributed by atoms with Crippen molar-refractivity contribution in [3.05, 3.63) is 12.7 Å². The number of nitrogens with zero attached hydrogens (tertiary/aromatic N) is 1. The number of ether oxygens (including phenoxy) is 3. The van der Waals surface area contributed by atoms with Crippen molar-refractivity contribution in [1.29, 1.82) is 0 Å². The molecule has 2 fully saturated rings. The second-order valence-corrected chi connectivity index (χ2v) is 7.24. The summed E-state index contributed by atoms with van der Waals surface area (Å²) in [4.78, 5) is 60.1. The molecule has 0 aliphatic carbocycles. The zero-order valence-corrected chi connectivity index (χ0v) is 16.1. The lowest BCUT2D eigenvalue weighted by Crippen LogP contribution is -2.74. The number of likely N-dealkylation sites (tertiary alicyclic amines) is 1. The smallest absolute Gasteiger partial charge is 0.508 e. The van der Waals surface area contributed by atoms with Gasteiger partial charge in [-0.15, -0.1) is 0 Å². The van der Waals surface area contributed by atoms with Crippen molar-refractivity contribution in [2.75, 3.05) is 19.5 Å². The van der Waals surface area contributed by atoms with Gasteiger partial charge in [-0.25, -0.2) is 4.79 Å². The molecule has 0 aromatic carbocycles. The predicted molar refractivity (Wildman–Crippen MR) is 92.9 cm³/mol. The quantitative estimate of drug-likeness (QED) is 0.228. The number of thioether (sulfide) groups is 1. The summed E-state index contributed by atoms with van der Waals surface area (Å²) in [6.07, 6.45) is 0.136. The molecule has 0 bridgehead atoms. The average Bonchev–Trinajstić information content (AvgIpc) is 2.64. The SMILES string of the molecule is C=CCOC(=O)OC(C)C1C(=O)N(C(=O)C(=O)[O-])C1C1OCCC(SC)C1=O. The predicted octanol–water partition coefficient (Wildman–Crippen LogP) is -1.09. The molecule has 0 aromatic rings. The van der Waals surface area contributed by atoms with Crippen molar-refractivity contribution in [2.24, 2.45) is 5.92 Å². The van der Waals surface area contributed by atoms with Crippen LogP contribution in [0.3, 0.4) is 0 Å². The Morgan fingerprint density at radius 3 is 2.68 bits per heavy atom. The monoisotopic (exact) mass is 414 g/mol. The first-order valence-corrected chi connectivity index (χ1v) is 9.74.